The second-order valence-electron chi connectivity index (χ2n) is 3.38. The summed E-state index contributed by atoms with van der Waals surface area (Å²) in [5, 5.41) is 0. The lowest BCUT2D eigenvalue weighted by Crippen LogP contribution is -2.02. The van der Waals surface area contributed by atoms with E-state index in [2.05, 4.69) is 16.9 Å². The molecule has 0 atom stereocenters. The van der Waals surface area contributed by atoms with Crippen molar-refractivity contribution in [2.45, 2.75) is 20.3 Å². The Morgan fingerprint density at radius 2 is 2.33 bits per heavy atom. The van der Waals surface area contributed by atoms with Gasteiger partial charge in [-0.25, -0.2) is 0 Å². The zero-order valence-corrected chi connectivity index (χ0v) is 9.64. The molecule has 0 aliphatic carbocycles. The van der Waals surface area contributed by atoms with E-state index in [1.165, 1.54) is 5.69 Å². The van der Waals surface area contributed by atoms with E-state index in [9.17, 15) is 0 Å². The summed E-state index contributed by atoms with van der Waals surface area (Å²) in [6.45, 7) is 4.10. The molecule has 0 saturated heterocycles. The number of H-pyrrole nitrogens is 1. The molecule has 2 rings (SSSR count). The zero-order valence-electron chi connectivity index (χ0n) is 8.82. The second kappa shape index (κ2) is 3.98. The molecule has 2 heterocycles. The number of imidazole rings is 1. The molecular formula is C11H13N3S. The van der Waals surface area contributed by atoms with Crippen molar-refractivity contribution in [3.8, 4) is 5.69 Å². The topological polar surface area (TPSA) is 33.6 Å². The molecule has 0 aliphatic heterocycles. The number of rotatable bonds is 2. The summed E-state index contributed by atoms with van der Waals surface area (Å²) >= 11 is 5.26. The maximum Gasteiger partial charge on any atom is 0.182 e. The van der Waals surface area contributed by atoms with E-state index in [-0.39, 0.29) is 0 Å². The molecule has 3 nitrogen and oxygen atoms in total. The molecule has 2 aromatic rings. The fourth-order valence-corrected chi connectivity index (χ4v) is 1.92. The van der Waals surface area contributed by atoms with Crippen LogP contribution in [0.3, 0.4) is 0 Å². The molecule has 4 heteroatoms. The molecule has 0 aliphatic rings. The standard InChI is InChI=1S/C11H13N3S/c1-3-9-7-13-11(15)14(9)10-5-4-6-12-8(10)2/h4-7H,3H2,1-2H3,(H,13,15). The van der Waals surface area contributed by atoms with Crippen molar-refractivity contribution in [3.63, 3.8) is 0 Å². The average molecular weight is 219 g/mol. The number of pyridine rings is 1. The average Bonchev–Trinajstić information content (AvgIpc) is 2.60. The molecule has 78 valence electrons. The van der Waals surface area contributed by atoms with Gasteiger partial charge < -0.3 is 4.98 Å². The van der Waals surface area contributed by atoms with Crippen molar-refractivity contribution < 1.29 is 0 Å². The van der Waals surface area contributed by atoms with E-state index >= 15 is 0 Å². The summed E-state index contributed by atoms with van der Waals surface area (Å²) < 4.78 is 2.76. The minimum absolute atomic E-state index is 0.725. The molecule has 0 radical (unpaired) electrons. The van der Waals surface area contributed by atoms with E-state index in [4.69, 9.17) is 12.2 Å². The van der Waals surface area contributed by atoms with Gasteiger partial charge in [0.15, 0.2) is 4.77 Å². The van der Waals surface area contributed by atoms with Crippen molar-refractivity contribution in [3.05, 3.63) is 40.7 Å². The first-order valence-electron chi connectivity index (χ1n) is 4.95. The Morgan fingerprint density at radius 1 is 1.53 bits per heavy atom. The number of hydrogen-bond donors (Lipinski definition) is 1. The Morgan fingerprint density at radius 3 is 3.00 bits per heavy atom. The van der Waals surface area contributed by atoms with E-state index in [1.807, 2.05) is 29.8 Å². The van der Waals surface area contributed by atoms with Crippen LogP contribution in [0, 0.1) is 11.7 Å². The van der Waals surface area contributed by atoms with Crippen LogP contribution >= 0.6 is 12.2 Å². The van der Waals surface area contributed by atoms with E-state index in [1.54, 1.807) is 6.20 Å². The van der Waals surface area contributed by atoms with Gasteiger partial charge in [-0.3, -0.25) is 9.55 Å². The normalized spacial score (nSPS) is 10.5. The van der Waals surface area contributed by atoms with Gasteiger partial charge in [-0.2, -0.15) is 0 Å². The van der Waals surface area contributed by atoms with Crippen LogP contribution in [0.4, 0.5) is 0 Å². The van der Waals surface area contributed by atoms with Gasteiger partial charge in [0.1, 0.15) is 0 Å². The fraction of sp³-hybridized carbons (Fsp3) is 0.273. The number of aryl methyl sites for hydroxylation is 2. The molecule has 0 aromatic carbocycles. The lowest BCUT2D eigenvalue weighted by Gasteiger charge is -2.08. The molecule has 0 saturated carbocycles. The van der Waals surface area contributed by atoms with Crippen LogP contribution in [0.25, 0.3) is 5.69 Å². The molecule has 0 unspecified atom stereocenters. The maximum atomic E-state index is 5.26. The van der Waals surface area contributed by atoms with Gasteiger partial charge in [0.05, 0.1) is 11.4 Å². The third-order valence-corrected chi connectivity index (χ3v) is 2.74. The van der Waals surface area contributed by atoms with Crippen molar-refractivity contribution >= 4 is 12.2 Å². The van der Waals surface area contributed by atoms with Crippen LogP contribution in [0.1, 0.15) is 18.3 Å². The molecule has 0 amide bonds. The van der Waals surface area contributed by atoms with Crippen LogP contribution in [-0.2, 0) is 6.42 Å². The van der Waals surface area contributed by atoms with Crippen LogP contribution in [0.5, 0.6) is 0 Å². The summed E-state index contributed by atoms with van der Waals surface area (Å²) in [5.74, 6) is 0. The summed E-state index contributed by atoms with van der Waals surface area (Å²) in [6.07, 6.45) is 4.69. The summed E-state index contributed by atoms with van der Waals surface area (Å²) in [4.78, 5) is 7.33. The lowest BCUT2D eigenvalue weighted by atomic mass is 10.3. The van der Waals surface area contributed by atoms with E-state index in [0.717, 1.165) is 22.6 Å². The quantitative estimate of drug-likeness (QED) is 0.788. The van der Waals surface area contributed by atoms with Gasteiger partial charge in [0.2, 0.25) is 0 Å². The number of aromatic nitrogens is 3. The third-order valence-electron chi connectivity index (χ3n) is 2.43. The Hall–Kier alpha value is -1.42. The van der Waals surface area contributed by atoms with Gasteiger partial charge >= 0.3 is 0 Å². The molecule has 0 spiro atoms. The van der Waals surface area contributed by atoms with E-state index in [0.29, 0.717) is 0 Å². The summed E-state index contributed by atoms with van der Waals surface area (Å²) in [5.41, 5.74) is 3.22. The monoisotopic (exact) mass is 219 g/mol. The van der Waals surface area contributed by atoms with Gasteiger partial charge in [-0.1, -0.05) is 6.92 Å². The highest BCUT2D eigenvalue weighted by Gasteiger charge is 2.06. The molecule has 0 bridgehead atoms. The van der Waals surface area contributed by atoms with Gasteiger partial charge in [0, 0.05) is 18.1 Å². The Kier molecular flexibility index (Phi) is 2.68. The molecule has 15 heavy (non-hydrogen) atoms. The Bertz CT molecular complexity index is 525. The summed E-state index contributed by atoms with van der Waals surface area (Å²) in [7, 11) is 0. The fourth-order valence-electron chi connectivity index (χ4n) is 1.64. The number of aromatic amines is 1. The number of hydrogen-bond acceptors (Lipinski definition) is 2. The smallest absolute Gasteiger partial charge is 0.182 e. The Balaban J connectivity index is 2.68. The van der Waals surface area contributed by atoms with E-state index < -0.39 is 0 Å². The largest absolute Gasteiger partial charge is 0.337 e. The molecule has 0 fully saturated rings. The van der Waals surface area contributed by atoms with Crippen molar-refractivity contribution in [1.82, 2.24) is 14.5 Å². The van der Waals surface area contributed by atoms with Crippen LogP contribution in [0.2, 0.25) is 0 Å². The highest BCUT2D eigenvalue weighted by atomic mass is 32.1. The number of nitrogens with zero attached hydrogens (tertiary/aromatic N) is 2. The predicted molar refractivity (Wildman–Crippen MR) is 62.9 cm³/mol. The number of nitrogens with one attached hydrogen (secondary N) is 1. The van der Waals surface area contributed by atoms with Crippen molar-refractivity contribution in [2.24, 2.45) is 0 Å². The predicted octanol–water partition coefficient (Wildman–Crippen LogP) is 2.80. The second-order valence-corrected chi connectivity index (χ2v) is 3.77. The minimum atomic E-state index is 0.725. The van der Waals surface area contributed by atoms with Gasteiger partial charge in [-0.15, -0.1) is 0 Å². The van der Waals surface area contributed by atoms with Crippen LogP contribution < -0.4 is 0 Å². The van der Waals surface area contributed by atoms with Crippen molar-refractivity contribution in [2.75, 3.05) is 0 Å². The first-order valence-corrected chi connectivity index (χ1v) is 5.36. The third kappa shape index (κ3) is 1.72. The molecule has 1 N–H and O–H groups in total. The first-order chi connectivity index (χ1) is 7.24. The first kappa shape index (κ1) is 10.1. The highest BCUT2D eigenvalue weighted by molar-refractivity contribution is 7.71. The lowest BCUT2D eigenvalue weighted by molar-refractivity contribution is 0.903. The molecular weight excluding hydrogens is 206 g/mol. The van der Waals surface area contributed by atoms with Gasteiger partial charge in [-0.05, 0) is 37.7 Å². The summed E-state index contributed by atoms with van der Waals surface area (Å²) in [6, 6.07) is 3.96. The SMILES string of the molecule is CCc1c[nH]c(=S)n1-c1cccnc1C. The Labute approximate surface area is 93.8 Å². The molecule has 2 aromatic heterocycles. The highest BCUT2D eigenvalue weighted by Crippen LogP contribution is 2.15. The van der Waals surface area contributed by atoms with Crippen LogP contribution in [-0.4, -0.2) is 14.5 Å². The van der Waals surface area contributed by atoms with Crippen LogP contribution in [0.15, 0.2) is 24.5 Å². The minimum Gasteiger partial charge on any atom is -0.337 e. The van der Waals surface area contributed by atoms with Crippen molar-refractivity contribution in [1.29, 1.82) is 0 Å². The zero-order chi connectivity index (χ0) is 10.8. The maximum absolute atomic E-state index is 5.26. The van der Waals surface area contributed by atoms with Gasteiger partial charge in [0.25, 0.3) is 0 Å².